The van der Waals surface area contributed by atoms with Crippen LogP contribution in [0.3, 0.4) is 0 Å². The largest absolute Gasteiger partial charge is 0.472 e. The number of nitrogens with one attached hydrogen (secondary N) is 1. The second kappa shape index (κ2) is 10.3. The van der Waals surface area contributed by atoms with E-state index in [4.69, 9.17) is 24.3 Å². The van der Waals surface area contributed by atoms with E-state index in [0.29, 0.717) is 11.0 Å². The van der Waals surface area contributed by atoms with Gasteiger partial charge in [0.25, 0.3) is 5.56 Å². The first-order valence-electron chi connectivity index (χ1n) is 12.1. The van der Waals surface area contributed by atoms with Crippen LogP contribution in [-0.2, 0) is 23.1 Å². The lowest BCUT2D eigenvalue weighted by molar-refractivity contribution is -0.0614. The summed E-state index contributed by atoms with van der Waals surface area (Å²) in [5.41, 5.74) is 5.88. The number of H-pyrrole nitrogens is 1. The number of anilines is 1. The third kappa shape index (κ3) is 4.68. The molecule has 0 aliphatic carbocycles. The van der Waals surface area contributed by atoms with Gasteiger partial charge in [-0.2, -0.15) is 0 Å². The topological polar surface area (TPSA) is 255 Å². The second-order valence-corrected chi connectivity index (χ2v) is 10.7. The van der Waals surface area contributed by atoms with Crippen LogP contribution in [0.4, 0.5) is 5.82 Å². The van der Waals surface area contributed by atoms with Crippen LogP contribution < -0.4 is 11.3 Å². The third-order valence-electron chi connectivity index (χ3n) is 6.81. The highest BCUT2D eigenvalue weighted by Gasteiger charge is 2.47. The van der Waals surface area contributed by atoms with Gasteiger partial charge in [-0.05, 0) is 6.07 Å². The van der Waals surface area contributed by atoms with Gasteiger partial charge in [-0.25, -0.2) is 24.5 Å². The van der Waals surface area contributed by atoms with Gasteiger partial charge in [0.1, 0.15) is 42.2 Å². The van der Waals surface area contributed by atoms with E-state index >= 15 is 0 Å². The van der Waals surface area contributed by atoms with Crippen LogP contribution in [0.5, 0.6) is 0 Å². The van der Waals surface area contributed by atoms with E-state index in [1.54, 1.807) is 12.3 Å². The predicted molar refractivity (Wildman–Crippen MR) is 132 cm³/mol. The van der Waals surface area contributed by atoms with Crippen molar-refractivity contribution in [1.29, 1.82) is 0 Å². The molecule has 2 saturated heterocycles. The molecular weight excluding hydrogens is 555 g/mol. The van der Waals surface area contributed by atoms with Crippen molar-refractivity contribution in [3.63, 3.8) is 0 Å². The summed E-state index contributed by atoms with van der Waals surface area (Å²) < 4.78 is 37.8. The molecule has 18 nitrogen and oxygen atoms in total. The van der Waals surface area contributed by atoms with Crippen LogP contribution in [0.1, 0.15) is 18.9 Å². The van der Waals surface area contributed by atoms with E-state index in [0.717, 1.165) is 0 Å². The van der Waals surface area contributed by atoms with Crippen molar-refractivity contribution >= 4 is 35.8 Å². The summed E-state index contributed by atoms with van der Waals surface area (Å²) in [5, 5.41) is 31.3. The molecule has 1 unspecified atom stereocenters. The molecule has 0 spiro atoms. The van der Waals surface area contributed by atoms with E-state index in [1.807, 2.05) is 0 Å². The first-order valence-corrected chi connectivity index (χ1v) is 13.6. The number of hydrogen-bond acceptors (Lipinski definition) is 14. The number of fused-ring (bicyclic) bond motifs is 2. The van der Waals surface area contributed by atoms with Gasteiger partial charge in [0.05, 0.1) is 37.4 Å². The average Bonchev–Trinajstić information content (AvgIpc) is 3.69. The van der Waals surface area contributed by atoms with Gasteiger partial charge in [-0.1, -0.05) is 0 Å². The number of nitrogens with zero attached hydrogens (tertiary/aromatic N) is 6. The first kappa shape index (κ1) is 26.9. The molecule has 7 N–H and O–H groups in total. The van der Waals surface area contributed by atoms with Crippen molar-refractivity contribution in [3.8, 4) is 0 Å². The number of phosphoric acid groups is 1. The van der Waals surface area contributed by atoms with Gasteiger partial charge >= 0.3 is 7.82 Å². The van der Waals surface area contributed by atoms with Gasteiger partial charge in [-0.3, -0.25) is 18.4 Å². The first-order chi connectivity index (χ1) is 19.2. The maximum absolute atomic E-state index is 12.9. The number of aliphatic hydroxyl groups excluding tert-OH is 3. The highest BCUT2D eigenvalue weighted by molar-refractivity contribution is 7.47. The van der Waals surface area contributed by atoms with Gasteiger partial charge in [0.2, 0.25) is 0 Å². The molecule has 0 bridgehead atoms. The van der Waals surface area contributed by atoms with Crippen molar-refractivity contribution < 1.29 is 43.3 Å². The van der Waals surface area contributed by atoms with Crippen molar-refractivity contribution in [2.75, 3.05) is 18.9 Å². The van der Waals surface area contributed by atoms with Crippen molar-refractivity contribution in [1.82, 2.24) is 34.1 Å². The summed E-state index contributed by atoms with van der Waals surface area (Å²) >= 11 is 0. The van der Waals surface area contributed by atoms with Crippen LogP contribution in [-0.4, -0.2) is 98.0 Å². The molecule has 40 heavy (non-hydrogen) atoms. The molecule has 4 aromatic rings. The molecule has 6 rings (SSSR count). The Morgan fingerprint density at radius 1 is 1.12 bits per heavy atom. The summed E-state index contributed by atoms with van der Waals surface area (Å²) in [5.74, 6) is 0.221. The fourth-order valence-corrected chi connectivity index (χ4v) is 5.81. The lowest BCUT2D eigenvalue weighted by atomic mass is 10.1. The second-order valence-electron chi connectivity index (χ2n) is 9.30. The molecule has 0 amide bonds. The highest BCUT2D eigenvalue weighted by Crippen LogP contribution is 2.50. The Labute approximate surface area is 223 Å². The summed E-state index contributed by atoms with van der Waals surface area (Å²) in [6, 6.07) is 1.63. The van der Waals surface area contributed by atoms with Crippen molar-refractivity contribution in [3.05, 3.63) is 41.6 Å². The zero-order valence-electron chi connectivity index (χ0n) is 20.5. The quantitative estimate of drug-likeness (QED) is 0.130. The third-order valence-corrected chi connectivity index (χ3v) is 7.82. The minimum Gasteiger partial charge on any atom is -0.394 e. The number of aliphatic hydroxyl groups is 3. The Morgan fingerprint density at radius 3 is 2.75 bits per heavy atom. The monoisotopic (exact) mass is 580 g/mol. The number of hydrogen-bond donors (Lipinski definition) is 6. The molecule has 2 aliphatic heterocycles. The van der Waals surface area contributed by atoms with Gasteiger partial charge < -0.3 is 45.0 Å². The normalized spacial score (nSPS) is 30.4. The van der Waals surface area contributed by atoms with Crippen molar-refractivity contribution in [2.24, 2.45) is 0 Å². The fourth-order valence-electron chi connectivity index (χ4n) is 4.88. The van der Waals surface area contributed by atoms with Crippen LogP contribution in [0.15, 0.2) is 36.0 Å². The van der Waals surface area contributed by atoms with Crippen LogP contribution in [0, 0.1) is 0 Å². The summed E-state index contributed by atoms with van der Waals surface area (Å²) in [6.07, 6.45) is -2.92. The predicted octanol–water partition coefficient (Wildman–Crippen LogP) is -1.45. The van der Waals surface area contributed by atoms with E-state index in [9.17, 15) is 29.6 Å². The Hall–Kier alpha value is -3.32. The molecule has 19 heteroatoms. The van der Waals surface area contributed by atoms with Crippen LogP contribution in [0.2, 0.25) is 0 Å². The maximum atomic E-state index is 12.9. The lowest BCUT2D eigenvalue weighted by Gasteiger charge is -2.23. The van der Waals surface area contributed by atoms with E-state index in [1.165, 1.54) is 28.1 Å². The zero-order valence-corrected chi connectivity index (χ0v) is 21.4. The Morgan fingerprint density at radius 2 is 1.95 bits per heavy atom. The molecular formula is C21H25N8O10P. The van der Waals surface area contributed by atoms with Crippen LogP contribution in [0.25, 0.3) is 22.2 Å². The number of nitrogens with two attached hydrogens (primary N) is 1. The molecule has 6 heterocycles. The summed E-state index contributed by atoms with van der Waals surface area (Å²) in [4.78, 5) is 41.1. The summed E-state index contributed by atoms with van der Waals surface area (Å²) in [7, 11) is -4.81. The number of phosphoric ester groups is 1. The maximum Gasteiger partial charge on any atom is 0.472 e. The number of nitrogen functional groups attached to an aromatic ring is 1. The Balaban J connectivity index is 1.16. The van der Waals surface area contributed by atoms with E-state index in [2.05, 4.69) is 24.9 Å². The van der Waals surface area contributed by atoms with Gasteiger partial charge in [0.15, 0.2) is 23.6 Å². The number of aromatic nitrogens is 7. The minimum atomic E-state index is -4.81. The Bertz CT molecular complexity index is 1640. The van der Waals surface area contributed by atoms with E-state index < -0.39 is 69.6 Å². The molecule has 0 radical (unpaired) electrons. The molecule has 0 saturated carbocycles. The number of imidazole rings is 1. The number of rotatable bonds is 8. The SMILES string of the molecule is Nc1ncnc2c1ccn2[C@@H]1O[C@H](COP(=O)(O)O[C@@H]2C[C@@H](CO)O[C@H]2n2cnc3c(=O)[nH]cnc32)[C@@H](O)[C@H]1O. The van der Waals surface area contributed by atoms with Crippen molar-refractivity contribution in [2.45, 2.75) is 49.4 Å². The highest BCUT2D eigenvalue weighted by atomic mass is 31.2. The summed E-state index contributed by atoms with van der Waals surface area (Å²) in [6.45, 7) is -1.02. The van der Waals surface area contributed by atoms with E-state index in [-0.39, 0.29) is 23.4 Å². The molecule has 214 valence electrons. The fraction of sp³-hybridized carbons (Fsp3) is 0.476. The molecule has 2 aliphatic rings. The zero-order chi connectivity index (χ0) is 28.2. The molecule has 8 atom stereocenters. The van der Waals surface area contributed by atoms with Gasteiger partial charge in [0, 0.05) is 12.6 Å². The van der Waals surface area contributed by atoms with Gasteiger partial charge in [-0.15, -0.1) is 0 Å². The average molecular weight is 580 g/mol. The number of aromatic amines is 1. The smallest absolute Gasteiger partial charge is 0.394 e. The molecule has 0 aromatic carbocycles. The number of ether oxygens (including phenoxy) is 2. The minimum absolute atomic E-state index is 0.00692. The molecule has 2 fully saturated rings. The Kier molecular flexibility index (Phi) is 6.89. The lowest BCUT2D eigenvalue weighted by Crippen LogP contribution is -2.33. The molecule has 4 aromatic heterocycles. The standard InChI is InChI=1S/C21H25N8O10P/c22-16-10-1-2-28(17(10)24-6-23-16)21-15(32)14(31)12(38-21)5-36-40(34,35)39-11-3-9(4-30)37-20(11)29-8-27-13-18(29)25-7-26-19(13)33/h1-2,6-9,11-12,14-15,20-21,30-32H,3-5H2,(H,34,35)(H2,22,23,24)(H,25,26,33)/t9-,11+,12+,14+,15+,20+,21+/m0/s1. The van der Waals surface area contributed by atoms with Crippen LogP contribution >= 0.6 is 7.82 Å².